The first-order valence-corrected chi connectivity index (χ1v) is 12.2. The van der Waals surface area contributed by atoms with Crippen molar-refractivity contribution < 1.29 is 19.0 Å². The molecule has 3 aromatic rings. The molecule has 9 heteroatoms. The number of para-hydroxylation sites is 1. The molecule has 3 atom stereocenters. The molecule has 0 bridgehead atoms. The van der Waals surface area contributed by atoms with Gasteiger partial charge >= 0.3 is 0 Å². The molecule has 0 spiro atoms. The molecule has 3 heterocycles. The molecule has 8 nitrogen and oxygen atoms in total. The van der Waals surface area contributed by atoms with Crippen LogP contribution < -0.4 is 20.1 Å². The van der Waals surface area contributed by atoms with Crippen LogP contribution in [0.25, 0.3) is 11.3 Å². The van der Waals surface area contributed by atoms with Crippen molar-refractivity contribution in [2.75, 3.05) is 26.1 Å². The minimum Gasteiger partial charge on any atom is -0.493 e. The van der Waals surface area contributed by atoms with Crippen molar-refractivity contribution in [3.05, 3.63) is 52.9 Å². The van der Waals surface area contributed by atoms with Gasteiger partial charge in [-0.05, 0) is 38.0 Å². The van der Waals surface area contributed by atoms with Gasteiger partial charge in [-0.3, -0.25) is 9.78 Å². The van der Waals surface area contributed by atoms with Gasteiger partial charge in [-0.2, -0.15) is 0 Å². The van der Waals surface area contributed by atoms with Crippen LogP contribution in [0.1, 0.15) is 48.2 Å². The van der Waals surface area contributed by atoms with E-state index in [1.807, 2.05) is 25.1 Å². The number of carbonyl (C=O) groups is 1. The van der Waals surface area contributed by atoms with Crippen LogP contribution in [-0.2, 0) is 4.74 Å². The first kappa shape index (κ1) is 23.5. The van der Waals surface area contributed by atoms with E-state index in [9.17, 15) is 4.79 Å². The molecule has 35 heavy (non-hydrogen) atoms. The second-order valence-corrected chi connectivity index (χ2v) is 9.39. The number of halogens is 1. The summed E-state index contributed by atoms with van der Waals surface area (Å²) in [6, 6.07) is 7.51. The van der Waals surface area contributed by atoms with E-state index >= 15 is 0 Å². The summed E-state index contributed by atoms with van der Waals surface area (Å²) in [5.74, 6) is 1.24. The maximum atomic E-state index is 13.4. The molecule has 0 radical (unpaired) electrons. The number of ether oxygens (including phenoxy) is 3. The molecule has 0 saturated heterocycles. The minimum atomic E-state index is -0.181. The second-order valence-electron chi connectivity index (χ2n) is 8.98. The summed E-state index contributed by atoms with van der Waals surface area (Å²) in [6.07, 6.45) is 6.29. The molecule has 0 unspecified atom stereocenters. The van der Waals surface area contributed by atoms with Gasteiger partial charge in [0.25, 0.3) is 5.91 Å². The molecule has 184 valence electrons. The van der Waals surface area contributed by atoms with E-state index in [1.165, 1.54) is 0 Å². The third-order valence-corrected chi connectivity index (χ3v) is 6.97. The summed E-state index contributed by atoms with van der Waals surface area (Å²) in [6.45, 7) is 2.37. The number of anilines is 2. The lowest BCUT2D eigenvalue weighted by Gasteiger charge is -2.27. The van der Waals surface area contributed by atoms with Crippen molar-refractivity contribution in [1.29, 1.82) is 0 Å². The lowest BCUT2D eigenvalue weighted by Crippen LogP contribution is -2.41. The Morgan fingerprint density at radius 3 is 2.91 bits per heavy atom. The highest BCUT2D eigenvalue weighted by molar-refractivity contribution is 6.32. The van der Waals surface area contributed by atoms with Gasteiger partial charge in [-0.1, -0.05) is 24.1 Å². The number of hydrogen-bond donors (Lipinski definition) is 3. The number of hydrogen-bond acceptors (Lipinski definition) is 6. The van der Waals surface area contributed by atoms with Gasteiger partial charge in [-0.25, -0.2) is 0 Å². The normalized spacial score (nSPS) is 19.5. The topological polar surface area (TPSA) is 97.5 Å². The molecule has 1 aromatic carbocycles. The van der Waals surface area contributed by atoms with Crippen LogP contribution in [-0.4, -0.2) is 48.8 Å². The zero-order valence-electron chi connectivity index (χ0n) is 20.0. The van der Waals surface area contributed by atoms with Crippen LogP contribution in [0.15, 0.2) is 36.7 Å². The van der Waals surface area contributed by atoms with Gasteiger partial charge in [0, 0.05) is 36.5 Å². The van der Waals surface area contributed by atoms with Gasteiger partial charge in [0.2, 0.25) is 0 Å². The van der Waals surface area contributed by atoms with Gasteiger partial charge in [-0.15, -0.1) is 0 Å². The van der Waals surface area contributed by atoms with E-state index in [0.29, 0.717) is 40.1 Å². The molecule has 1 amide bonds. The number of fused-ring (bicyclic) bond motifs is 3. The zero-order chi connectivity index (χ0) is 24.5. The lowest BCUT2D eigenvalue weighted by atomic mass is 9.91. The summed E-state index contributed by atoms with van der Waals surface area (Å²) in [4.78, 5) is 21.2. The Labute approximate surface area is 209 Å². The van der Waals surface area contributed by atoms with E-state index in [2.05, 4.69) is 20.6 Å². The summed E-state index contributed by atoms with van der Waals surface area (Å²) < 4.78 is 17.0. The van der Waals surface area contributed by atoms with E-state index in [1.54, 1.807) is 32.7 Å². The monoisotopic (exact) mass is 496 g/mol. The number of carbonyl (C=O) groups excluding carboxylic acids is 1. The predicted octanol–water partition coefficient (Wildman–Crippen LogP) is 5.28. The summed E-state index contributed by atoms with van der Waals surface area (Å²) >= 11 is 6.39. The molecule has 1 saturated carbocycles. The maximum Gasteiger partial charge on any atom is 0.255 e. The largest absolute Gasteiger partial charge is 0.493 e. The average Bonchev–Trinajstić information content (AvgIpc) is 3.45. The van der Waals surface area contributed by atoms with Crippen molar-refractivity contribution in [3.63, 3.8) is 0 Å². The fourth-order valence-corrected chi connectivity index (χ4v) is 5.45. The molecule has 2 aliphatic rings. The highest BCUT2D eigenvalue weighted by Crippen LogP contribution is 2.48. The molecule has 3 N–H and O–H groups in total. The van der Waals surface area contributed by atoms with E-state index in [0.717, 1.165) is 36.2 Å². The minimum absolute atomic E-state index is 0.0987. The van der Waals surface area contributed by atoms with Gasteiger partial charge in [0.15, 0.2) is 5.75 Å². The molecule has 1 aliphatic heterocycles. The number of rotatable bonds is 8. The Kier molecular flexibility index (Phi) is 6.58. The number of nitrogens with one attached hydrogen (secondary N) is 3. The number of methoxy groups -OCH3 is 2. The number of H-pyrrole nitrogens is 1. The number of nitrogens with zero attached hydrogens (tertiary/aromatic N) is 1. The first-order valence-electron chi connectivity index (χ1n) is 11.8. The molecule has 1 fully saturated rings. The van der Waals surface area contributed by atoms with E-state index < -0.39 is 0 Å². The lowest BCUT2D eigenvalue weighted by molar-refractivity contribution is 0.0920. The van der Waals surface area contributed by atoms with Gasteiger partial charge < -0.3 is 29.8 Å². The number of benzene rings is 1. The van der Waals surface area contributed by atoms with Crippen LogP contribution in [0.3, 0.4) is 0 Å². The standard InChI is InChI=1S/C26H29ClN4O4/c1-14(13-33-2)35-20-12-28-11-10-16(20)23-24(29-19-9-5-7-17(27)25(19)34-3)21-22(31-23)15-6-4-8-18(15)30-26(21)32/h5,7,9-12,14-15,18,29,31H,4,6,8,13H2,1-3H3,(H,30,32)/t14-,15+,18-/m1/s1. The summed E-state index contributed by atoms with van der Waals surface area (Å²) in [5, 5.41) is 7.14. The number of amides is 1. The van der Waals surface area contributed by atoms with Crippen LogP contribution in [0, 0.1) is 0 Å². The highest BCUT2D eigenvalue weighted by Gasteiger charge is 2.41. The smallest absolute Gasteiger partial charge is 0.255 e. The Morgan fingerprint density at radius 1 is 1.26 bits per heavy atom. The van der Waals surface area contributed by atoms with Crippen molar-refractivity contribution in [1.82, 2.24) is 15.3 Å². The predicted molar refractivity (Wildman–Crippen MR) is 135 cm³/mol. The molecular formula is C26H29ClN4O4. The third-order valence-electron chi connectivity index (χ3n) is 6.67. The molecule has 1 aliphatic carbocycles. The SMILES string of the molecule is COC[C@@H](C)Oc1cnccc1-c1[nH]c2c(c1Nc1cccc(Cl)c1OC)C(=O)N[C@@H]1CCC[C@H]21. The van der Waals surface area contributed by atoms with Crippen LogP contribution in [0.5, 0.6) is 11.5 Å². The van der Waals surface area contributed by atoms with Gasteiger partial charge in [0.1, 0.15) is 11.9 Å². The molecule has 2 aromatic heterocycles. The van der Waals surface area contributed by atoms with Gasteiger partial charge in [0.05, 0.1) is 47.6 Å². The maximum absolute atomic E-state index is 13.4. The molecule has 5 rings (SSSR count). The Morgan fingerprint density at radius 2 is 2.11 bits per heavy atom. The Hall–Kier alpha value is -3.23. The Balaban J connectivity index is 1.67. The van der Waals surface area contributed by atoms with E-state index in [4.69, 9.17) is 25.8 Å². The van der Waals surface area contributed by atoms with Crippen LogP contribution in [0.4, 0.5) is 11.4 Å². The quantitative estimate of drug-likeness (QED) is 0.393. The first-order chi connectivity index (χ1) is 17.0. The fraction of sp³-hybridized carbons (Fsp3) is 0.385. The van der Waals surface area contributed by atoms with Crippen molar-refractivity contribution in [2.45, 2.75) is 44.2 Å². The highest BCUT2D eigenvalue weighted by atomic mass is 35.5. The fourth-order valence-electron chi connectivity index (χ4n) is 5.19. The van der Waals surface area contributed by atoms with Crippen LogP contribution in [0.2, 0.25) is 5.02 Å². The second kappa shape index (κ2) is 9.79. The average molecular weight is 497 g/mol. The van der Waals surface area contributed by atoms with Crippen LogP contribution >= 0.6 is 11.6 Å². The van der Waals surface area contributed by atoms with Crippen molar-refractivity contribution in [2.24, 2.45) is 0 Å². The third kappa shape index (κ3) is 4.32. The summed E-state index contributed by atoms with van der Waals surface area (Å²) in [7, 11) is 3.21. The van der Waals surface area contributed by atoms with Crippen molar-refractivity contribution >= 4 is 28.9 Å². The summed E-state index contributed by atoms with van der Waals surface area (Å²) in [5.41, 5.74) is 4.41. The zero-order valence-corrected chi connectivity index (χ0v) is 20.7. The number of pyridine rings is 1. The Bertz CT molecular complexity index is 1240. The molecular weight excluding hydrogens is 468 g/mol. The number of aromatic nitrogens is 2. The number of aromatic amines is 1. The van der Waals surface area contributed by atoms with E-state index in [-0.39, 0.29) is 24.0 Å². The van der Waals surface area contributed by atoms with Crippen molar-refractivity contribution in [3.8, 4) is 22.8 Å².